The molecular weight excluding hydrogens is 548 g/mol. The van der Waals surface area contributed by atoms with Gasteiger partial charge in [-0.2, -0.15) is 4.98 Å². The molecular formula is C36H38N6O2. The molecule has 1 aromatic heterocycles. The van der Waals surface area contributed by atoms with Crippen molar-refractivity contribution < 1.29 is 9.59 Å². The Morgan fingerprint density at radius 3 is 2.09 bits per heavy atom. The van der Waals surface area contributed by atoms with Crippen molar-refractivity contribution in [1.82, 2.24) is 20.6 Å². The second-order valence-corrected chi connectivity index (χ2v) is 11.8. The number of carbonyl (C=O) groups excluding carboxylic acids is 2. The van der Waals surface area contributed by atoms with Crippen LogP contribution in [-0.2, 0) is 0 Å². The fraction of sp³-hybridized carbons (Fsp3) is 0.278. The smallest absolute Gasteiger partial charge is 0.252 e. The number of anilines is 2. The summed E-state index contributed by atoms with van der Waals surface area (Å²) < 4.78 is 0. The lowest BCUT2D eigenvalue weighted by Crippen LogP contribution is -2.41. The van der Waals surface area contributed by atoms with Gasteiger partial charge in [0.1, 0.15) is 5.82 Å². The second kappa shape index (κ2) is 12.7. The van der Waals surface area contributed by atoms with Crippen LogP contribution < -0.4 is 20.9 Å². The standard InChI is InChI=1S/C36H38N6O2/c1-23(27-17-10-12-24-11-4-5-13-28(24)27)37-34(43)29-14-6-7-15-30(29)35(44)38-25-19-21-26(22-20-25)39-36-40-32-18-9-8-16-31(32)33(41-36)42(2)3/h4-18,23,25-26H,19-22H2,1-3H3,(H,37,43)(H,38,44)(H,39,40,41)/t23-,25?,26?/m1/s1. The van der Waals surface area contributed by atoms with E-state index in [1.54, 1.807) is 24.3 Å². The molecule has 0 radical (unpaired) electrons. The minimum absolute atomic E-state index is 0.0288. The van der Waals surface area contributed by atoms with E-state index in [0.29, 0.717) is 17.1 Å². The summed E-state index contributed by atoms with van der Waals surface area (Å²) in [6.45, 7) is 1.97. The zero-order valence-electron chi connectivity index (χ0n) is 25.4. The van der Waals surface area contributed by atoms with Gasteiger partial charge >= 0.3 is 0 Å². The lowest BCUT2D eigenvalue weighted by atomic mass is 9.91. The number of nitrogens with one attached hydrogen (secondary N) is 3. The monoisotopic (exact) mass is 586 g/mol. The van der Waals surface area contributed by atoms with Gasteiger partial charge in [-0.15, -0.1) is 0 Å². The molecule has 1 aliphatic carbocycles. The maximum atomic E-state index is 13.4. The number of fused-ring (bicyclic) bond motifs is 2. The summed E-state index contributed by atoms with van der Waals surface area (Å²) in [5.41, 5.74) is 2.70. The zero-order valence-corrected chi connectivity index (χ0v) is 25.4. The number of aromatic nitrogens is 2. The van der Waals surface area contributed by atoms with E-state index in [1.807, 2.05) is 74.4 Å². The van der Waals surface area contributed by atoms with Gasteiger partial charge in [0.25, 0.3) is 11.8 Å². The molecule has 44 heavy (non-hydrogen) atoms. The summed E-state index contributed by atoms with van der Waals surface area (Å²) in [5.74, 6) is 1.01. The number of rotatable bonds is 8. The van der Waals surface area contributed by atoms with Crippen LogP contribution in [0.15, 0.2) is 91.0 Å². The van der Waals surface area contributed by atoms with Gasteiger partial charge in [0.15, 0.2) is 0 Å². The van der Waals surface area contributed by atoms with Crippen LogP contribution in [0.1, 0.15) is 64.9 Å². The van der Waals surface area contributed by atoms with Gasteiger partial charge < -0.3 is 20.9 Å². The molecule has 1 heterocycles. The third-order valence-electron chi connectivity index (χ3n) is 8.46. The molecule has 0 aliphatic heterocycles. The Bertz CT molecular complexity index is 1810. The number of hydrogen-bond donors (Lipinski definition) is 3. The van der Waals surface area contributed by atoms with E-state index >= 15 is 0 Å². The Balaban J connectivity index is 1.08. The van der Waals surface area contributed by atoms with Crippen molar-refractivity contribution >= 4 is 45.3 Å². The van der Waals surface area contributed by atoms with E-state index in [1.165, 1.54) is 0 Å². The maximum absolute atomic E-state index is 13.4. The summed E-state index contributed by atoms with van der Waals surface area (Å²) in [6.07, 6.45) is 3.40. The predicted octanol–water partition coefficient (Wildman–Crippen LogP) is 6.49. The van der Waals surface area contributed by atoms with Gasteiger partial charge in [0, 0.05) is 31.6 Å². The van der Waals surface area contributed by atoms with Crippen LogP contribution in [0.4, 0.5) is 11.8 Å². The first-order valence-electron chi connectivity index (χ1n) is 15.3. The van der Waals surface area contributed by atoms with E-state index in [4.69, 9.17) is 9.97 Å². The third kappa shape index (κ3) is 6.20. The fourth-order valence-electron chi connectivity index (χ4n) is 6.15. The molecule has 1 aliphatic rings. The average molecular weight is 587 g/mol. The lowest BCUT2D eigenvalue weighted by molar-refractivity contribution is 0.0897. The number of carbonyl (C=O) groups is 2. The predicted molar refractivity (Wildman–Crippen MR) is 177 cm³/mol. The van der Waals surface area contributed by atoms with E-state index in [9.17, 15) is 9.59 Å². The number of para-hydroxylation sites is 1. The SMILES string of the molecule is C[C@@H](NC(=O)c1ccccc1C(=O)NC1CCC(Nc2nc(N(C)C)c3ccccc3n2)CC1)c1cccc2ccccc12. The molecule has 0 saturated heterocycles. The summed E-state index contributed by atoms with van der Waals surface area (Å²) in [5, 5.41) is 13.1. The Morgan fingerprint density at radius 2 is 1.34 bits per heavy atom. The van der Waals surface area contributed by atoms with Crippen LogP contribution in [0.2, 0.25) is 0 Å². The van der Waals surface area contributed by atoms with Crippen LogP contribution in [-0.4, -0.2) is 48.0 Å². The number of nitrogens with zero attached hydrogens (tertiary/aromatic N) is 3. The highest BCUT2D eigenvalue weighted by molar-refractivity contribution is 6.07. The quantitative estimate of drug-likeness (QED) is 0.192. The Morgan fingerprint density at radius 1 is 0.727 bits per heavy atom. The fourth-order valence-corrected chi connectivity index (χ4v) is 6.15. The maximum Gasteiger partial charge on any atom is 0.252 e. The topological polar surface area (TPSA) is 99.2 Å². The van der Waals surface area contributed by atoms with Crippen LogP contribution in [0.25, 0.3) is 21.7 Å². The summed E-state index contributed by atoms with van der Waals surface area (Å²) in [6, 6.07) is 29.3. The van der Waals surface area contributed by atoms with Crippen molar-refractivity contribution in [2.45, 2.75) is 50.7 Å². The molecule has 8 nitrogen and oxygen atoms in total. The van der Waals surface area contributed by atoms with Crippen LogP contribution in [0, 0.1) is 0 Å². The first-order valence-corrected chi connectivity index (χ1v) is 15.3. The molecule has 6 rings (SSSR count). The van der Waals surface area contributed by atoms with Crippen molar-refractivity contribution in [3.63, 3.8) is 0 Å². The molecule has 0 unspecified atom stereocenters. The molecule has 0 spiro atoms. The molecule has 0 bridgehead atoms. The second-order valence-electron chi connectivity index (χ2n) is 11.8. The van der Waals surface area contributed by atoms with Crippen molar-refractivity contribution in [2.24, 2.45) is 0 Å². The number of amides is 2. The summed E-state index contributed by atoms with van der Waals surface area (Å²) in [7, 11) is 3.97. The van der Waals surface area contributed by atoms with Gasteiger partial charge in [-0.05, 0) is 73.2 Å². The van der Waals surface area contributed by atoms with Crippen molar-refractivity contribution in [3.05, 3.63) is 108 Å². The lowest BCUT2D eigenvalue weighted by Gasteiger charge is -2.30. The molecule has 2 amide bonds. The summed E-state index contributed by atoms with van der Waals surface area (Å²) >= 11 is 0. The number of benzene rings is 4. The van der Waals surface area contributed by atoms with E-state index in [0.717, 1.165) is 58.7 Å². The van der Waals surface area contributed by atoms with Crippen LogP contribution in [0.5, 0.6) is 0 Å². The minimum atomic E-state index is -0.267. The van der Waals surface area contributed by atoms with E-state index in [-0.39, 0.29) is 29.9 Å². The highest BCUT2D eigenvalue weighted by atomic mass is 16.2. The Kier molecular flexibility index (Phi) is 8.41. The van der Waals surface area contributed by atoms with Gasteiger partial charge in [0.2, 0.25) is 5.95 Å². The molecule has 1 saturated carbocycles. The van der Waals surface area contributed by atoms with Crippen LogP contribution in [0.3, 0.4) is 0 Å². The highest BCUT2D eigenvalue weighted by Crippen LogP contribution is 2.27. The van der Waals surface area contributed by atoms with Gasteiger partial charge in [-0.25, -0.2) is 4.98 Å². The van der Waals surface area contributed by atoms with Gasteiger partial charge in [-0.3, -0.25) is 9.59 Å². The summed E-state index contributed by atoms with van der Waals surface area (Å²) in [4.78, 5) is 38.4. The molecule has 1 fully saturated rings. The first-order chi connectivity index (χ1) is 21.4. The molecule has 1 atom stereocenters. The Hall–Kier alpha value is -4.98. The van der Waals surface area contributed by atoms with Crippen molar-refractivity contribution in [3.8, 4) is 0 Å². The zero-order chi connectivity index (χ0) is 30.6. The number of hydrogen-bond acceptors (Lipinski definition) is 6. The first kappa shape index (κ1) is 29.1. The van der Waals surface area contributed by atoms with Crippen LogP contribution >= 0.6 is 0 Å². The van der Waals surface area contributed by atoms with Gasteiger partial charge in [0.05, 0.1) is 22.7 Å². The largest absolute Gasteiger partial charge is 0.362 e. The van der Waals surface area contributed by atoms with Crippen molar-refractivity contribution in [1.29, 1.82) is 0 Å². The Labute approximate surface area is 257 Å². The van der Waals surface area contributed by atoms with Gasteiger partial charge in [-0.1, -0.05) is 66.7 Å². The minimum Gasteiger partial charge on any atom is -0.362 e. The molecule has 4 aromatic carbocycles. The van der Waals surface area contributed by atoms with E-state index in [2.05, 4.69) is 34.1 Å². The highest BCUT2D eigenvalue weighted by Gasteiger charge is 2.26. The molecule has 224 valence electrons. The van der Waals surface area contributed by atoms with E-state index < -0.39 is 0 Å². The molecule has 3 N–H and O–H groups in total. The normalized spacial score (nSPS) is 17.2. The average Bonchev–Trinajstić information content (AvgIpc) is 3.04. The molecule has 8 heteroatoms. The molecule has 5 aromatic rings. The van der Waals surface area contributed by atoms with Crippen molar-refractivity contribution in [2.75, 3.05) is 24.3 Å². The third-order valence-corrected chi connectivity index (χ3v) is 8.46.